The van der Waals surface area contributed by atoms with Crippen molar-refractivity contribution in [2.24, 2.45) is 0 Å². The van der Waals surface area contributed by atoms with Crippen LogP contribution >= 0.6 is 11.6 Å². The highest BCUT2D eigenvalue weighted by molar-refractivity contribution is 7.89. The Morgan fingerprint density at radius 1 is 1.25 bits per heavy atom. The summed E-state index contributed by atoms with van der Waals surface area (Å²) in [5.41, 5.74) is -0.744. The van der Waals surface area contributed by atoms with Crippen LogP contribution < -0.4 is 10.0 Å². The van der Waals surface area contributed by atoms with E-state index in [0.717, 1.165) is 6.07 Å². The fourth-order valence-electron chi connectivity index (χ4n) is 2.18. The quantitative estimate of drug-likeness (QED) is 0.728. The van der Waals surface area contributed by atoms with E-state index in [9.17, 15) is 17.9 Å². The monoisotopic (exact) mass is 372 g/mol. The number of sulfonamides is 1. The van der Waals surface area contributed by atoms with Crippen LogP contribution in [0.4, 0.5) is 10.1 Å². The molecular weight excluding hydrogens is 355 g/mol. The smallest absolute Gasteiger partial charge is 0.240 e. The maximum absolute atomic E-state index is 14.1. The Hall–Kier alpha value is -1.67. The first-order chi connectivity index (χ1) is 11.2. The van der Waals surface area contributed by atoms with Crippen molar-refractivity contribution < 1.29 is 17.9 Å². The van der Waals surface area contributed by atoms with Gasteiger partial charge in [0.2, 0.25) is 10.0 Å². The summed E-state index contributed by atoms with van der Waals surface area (Å²) in [5, 5.41) is 13.7. The zero-order chi connectivity index (χ0) is 18.0. The van der Waals surface area contributed by atoms with Gasteiger partial charge in [0.15, 0.2) is 0 Å². The number of benzene rings is 2. The molecule has 0 aliphatic carbocycles. The van der Waals surface area contributed by atoms with E-state index < -0.39 is 21.4 Å². The Morgan fingerprint density at radius 2 is 1.92 bits per heavy atom. The van der Waals surface area contributed by atoms with Gasteiger partial charge in [-0.1, -0.05) is 29.8 Å². The molecule has 2 aromatic rings. The van der Waals surface area contributed by atoms with E-state index >= 15 is 0 Å². The molecule has 130 valence electrons. The zero-order valence-electron chi connectivity index (χ0n) is 13.2. The lowest BCUT2D eigenvalue weighted by molar-refractivity contribution is 0.0716. The van der Waals surface area contributed by atoms with E-state index in [-0.39, 0.29) is 17.1 Å². The third-order valence-corrected chi connectivity index (χ3v) is 5.34. The van der Waals surface area contributed by atoms with Crippen molar-refractivity contribution in [1.29, 1.82) is 0 Å². The van der Waals surface area contributed by atoms with Crippen molar-refractivity contribution in [2.45, 2.75) is 17.4 Å². The maximum Gasteiger partial charge on any atom is 0.240 e. The minimum Gasteiger partial charge on any atom is -0.384 e. The molecule has 8 heteroatoms. The largest absolute Gasteiger partial charge is 0.384 e. The van der Waals surface area contributed by atoms with Gasteiger partial charge < -0.3 is 10.4 Å². The lowest BCUT2D eigenvalue weighted by Gasteiger charge is -2.26. The molecule has 0 bridgehead atoms. The van der Waals surface area contributed by atoms with Crippen molar-refractivity contribution in [2.75, 3.05) is 18.9 Å². The third kappa shape index (κ3) is 4.05. The second-order valence-electron chi connectivity index (χ2n) is 5.46. The van der Waals surface area contributed by atoms with Crippen molar-refractivity contribution in [3.63, 3.8) is 0 Å². The fourth-order valence-corrected chi connectivity index (χ4v) is 3.27. The van der Waals surface area contributed by atoms with Crippen LogP contribution in [0.1, 0.15) is 12.5 Å². The van der Waals surface area contributed by atoms with Gasteiger partial charge in [-0.05, 0) is 38.2 Å². The summed E-state index contributed by atoms with van der Waals surface area (Å²) in [4.78, 5) is -0.175. The molecule has 0 saturated carbocycles. The maximum atomic E-state index is 14.1. The van der Waals surface area contributed by atoms with Crippen LogP contribution in [-0.4, -0.2) is 27.1 Å². The summed E-state index contributed by atoms with van der Waals surface area (Å²) in [7, 11) is -2.46. The Balaban J connectivity index is 2.19. The van der Waals surface area contributed by atoms with E-state index in [2.05, 4.69) is 10.0 Å². The first kappa shape index (κ1) is 18.7. The molecule has 24 heavy (non-hydrogen) atoms. The van der Waals surface area contributed by atoms with Gasteiger partial charge in [-0.25, -0.2) is 17.5 Å². The fraction of sp³-hybridized carbons (Fsp3) is 0.250. The van der Waals surface area contributed by atoms with Crippen LogP contribution in [0.15, 0.2) is 47.4 Å². The zero-order valence-corrected chi connectivity index (χ0v) is 14.7. The highest BCUT2D eigenvalue weighted by Crippen LogP contribution is 2.28. The standard InChI is InChI=1S/C16H18ClFN2O3S/c1-16(21,12-5-3-4-6-13(12)17)10-20-15-8-7-11(9-14(15)18)24(22,23)19-2/h3-9,19-21H,10H2,1-2H3. The third-order valence-electron chi connectivity index (χ3n) is 3.60. The molecule has 1 unspecified atom stereocenters. The number of nitrogens with one attached hydrogen (secondary N) is 2. The molecule has 0 saturated heterocycles. The normalized spacial score (nSPS) is 14.2. The van der Waals surface area contributed by atoms with E-state index in [0.29, 0.717) is 10.6 Å². The molecular formula is C16H18ClFN2O3S. The van der Waals surface area contributed by atoms with Crippen molar-refractivity contribution in [1.82, 2.24) is 4.72 Å². The minimum absolute atomic E-state index is 0.00816. The molecule has 0 spiro atoms. The summed E-state index contributed by atoms with van der Waals surface area (Å²) in [5.74, 6) is -0.735. The summed E-state index contributed by atoms with van der Waals surface area (Å²) in [6, 6.07) is 10.3. The van der Waals surface area contributed by atoms with Gasteiger partial charge in [0, 0.05) is 17.1 Å². The van der Waals surface area contributed by atoms with Gasteiger partial charge in [0.25, 0.3) is 0 Å². The molecule has 0 aliphatic rings. The SMILES string of the molecule is CNS(=O)(=O)c1ccc(NCC(C)(O)c2ccccc2Cl)c(F)c1. The molecule has 5 nitrogen and oxygen atoms in total. The van der Waals surface area contributed by atoms with Crippen LogP contribution in [-0.2, 0) is 15.6 Å². The summed E-state index contributed by atoms with van der Waals surface area (Å²) in [6.45, 7) is 1.55. The van der Waals surface area contributed by atoms with Gasteiger partial charge in [0.1, 0.15) is 11.4 Å². The number of rotatable bonds is 6. The molecule has 3 N–H and O–H groups in total. The number of halogens is 2. The molecule has 0 amide bonds. The highest BCUT2D eigenvalue weighted by atomic mass is 35.5. The van der Waals surface area contributed by atoms with Crippen LogP contribution in [0.2, 0.25) is 5.02 Å². The van der Waals surface area contributed by atoms with E-state index in [4.69, 9.17) is 11.6 Å². The summed E-state index contributed by atoms with van der Waals surface area (Å²) >= 11 is 6.07. The van der Waals surface area contributed by atoms with E-state index in [1.165, 1.54) is 19.2 Å². The summed E-state index contributed by atoms with van der Waals surface area (Å²) in [6.07, 6.45) is 0. The van der Waals surface area contributed by atoms with Gasteiger partial charge in [0.05, 0.1) is 10.6 Å². The molecule has 1 atom stereocenters. The minimum atomic E-state index is -3.71. The highest BCUT2D eigenvalue weighted by Gasteiger charge is 2.26. The molecule has 0 heterocycles. The van der Waals surface area contributed by atoms with Crippen LogP contribution in [0, 0.1) is 5.82 Å². The molecule has 0 radical (unpaired) electrons. The van der Waals surface area contributed by atoms with Gasteiger partial charge in [-0.3, -0.25) is 0 Å². The molecule has 2 aromatic carbocycles. The lowest BCUT2D eigenvalue weighted by Crippen LogP contribution is -2.31. The molecule has 0 aliphatic heterocycles. The Labute approximate surface area is 145 Å². The van der Waals surface area contributed by atoms with Crippen LogP contribution in [0.5, 0.6) is 0 Å². The summed E-state index contributed by atoms with van der Waals surface area (Å²) < 4.78 is 39.5. The molecule has 0 aromatic heterocycles. The first-order valence-electron chi connectivity index (χ1n) is 7.12. The van der Waals surface area contributed by atoms with Crippen LogP contribution in [0.3, 0.4) is 0 Å². The lowest BCUT2D eigenvalue weighted by atomic mass is 9.96. The first-order valence-corrected chi connectivity index (χ1v) is 8.98. The number of aliphatic hydroxyl groups is 1. The molecule has 2 rings (SSSR count). The number of anilines is 1. The van der Waals surface area contributed by atoms with Crippen molar-refractivity contribution in [3.8, 4) is 0 Å². The number of hydrogen-bond acceptors (Lipinski definition) is 4. The topological polar surface area (TPSA) is 78.4 Å². The van der Waals surface area contributed by atoms with E-state index in [1.807, 2.05) is 0 Å². The predicted molar refractivity (Wildman–Crippen MR) is 92.2 cm³/mol. The van der Waals surface area contributed by atoms with Crippen molar-refractivity contribution in [3.05, 3.63) is 58.9 Å². The second kappa shape index (κ2) is 7.06. The van der Waals surface area contributed by atoms with Gasteiger partial charge in [-0.15, -0.1) is 0 Å². The van der Waals surface area contributed by atoms with Crippen molar-refractivity contribution >= 4 is 27.3 Å². The Kier molecular flexibility index (Phi) is 5.49. The molecule has 0 fully saturated rings. The van der Waals surface area contributed by atoms with Gasteiger partial charge in [-0.2, -0.15) is 0 Å². The Morgan fingerprint density at radius 3 is 2.50 bits per heavy atom. The van der Waals surface area contributed by atoms with Crippen LogP contribution in [0.25, 0.3) is 0 Å². The average Bonchev–Trinajstić information content (AvgIpc) is 2.54. The predicted octanol–water partition coefficient (Wildman–Crippen LogP) is 2.71. The van der Waals surface area contributed by atoms with E-state index in [1.54, 1.807) is 31.2 Å². The Bertz CT molecular complexity index is 841. The second-order valence-corrected chi connectivity index (χ2v) is 7.75. The number of hydrogen-bond donors (Lipinski definition) is 3. The average molecular weight is 373 g/mol. The van der Waals surface area contributed by atoms with Gasteiger partial charge >= 0.3 is 0 Å².